The fourth-order valence-corrected chi connectivity index (χ4v) is 2.72. The van der Waals surface area contributed by atoms with Crippen molar-refractivity contribution >= 4 is 5.91 Å². The van der Waals surface area contributed by atoms with E-state index in [1.807, 2.05) is 4.90 Å². The molecule has 4 nitrogen and oxygen atoms in total. The van der Waals surface area contributed by atoms with Crippen LogP contribution in [0.1, 0.15) is 23.1 Å². The van der Waals surface area contributed by atoms with Gasteiger partial charge in [-0.15, -0.1) is 0 Å². The molecule has 116 valence electrons. The van der Waals surface area contributed by atoms with Crippen LogP contribution in [0.15, 0.2) is 18.2 Å². The lowest BCUT2D eigenvalue weighted by Crippen LogP contribution is -2.35. The van der Waals surface area contributed by atoms with Gasteiger partial charge in [-0.25, -0.2) is 0 Å². The van der Waals surface area contributed by atoms with Crippen LogP contribution in [0.2, 0.25) is 0 Å². The first-order chi connectivity index (χ1) is 10.1. The van der Waals surface area contributed by atoms with E-state index in [4.69, 9.17) is 4.74 Å². The normalized spacial score (nSPS) is 17.1. The van der Waals surface area contributed by atoms with Crippen LogP contribution in [-0.2, 0) is 16.1 Å². The lowest BCUT2D eigenvalue weighted by Gasteiger charge is -2.22. The number of hydrogen-bond donors (Lipinski definition) is 0. The van der Waals surface area contributed by atoms with Crippen LogP contribution in [0, 0.1) is 13.8 Å². The second kappa shape index (κ2) is 7.57. The van der Waals surface area contributed by atoms with Crippen molar-refractivity contribution in [3.8, 4) is 0 Å². The van der Waals surface area contributed by atoms with Crippen LogP contribution < -0.4 is 0 Å². The van der Waals surface area contributed by atoms with Crippen LogP contribution in [0.5, 0.6) is 0 Å². The van der Waals surface area contributed by atoms with Gasteiger partial charge in [0.25, 0.3) is 0 Å². The number of hydrogen-bond acceptors (Lipinski definition) is 3. The van der Waals surface area contributed by atoms with E-state index >= 15 is 0 Å². The minimum atomic E-state index is 0.246. The predicted molar refractivity (Wildman–Crippen MR) is 84.3 cm³/mol. The van der Waals surface area contributed by atoms with Crippen LogP contribution in [0.4, 0.5) is 0 Å². The quantitative estimate of drug-likeness (QED) is 0.831. The van der Waals surface area contributed by atoms with Gasteiger partial charge in [-0.2, -0.15) is 0 Å². The van der Waals surface area contributed by atoms with Crippen molar-refractivity contribution in [1.82, 2.24) is 9.80 Å². The van der Waals surface area contributed by atoms with Gasteiger partial charge in [0.15, 0.2) is 0 Å². The minimum Gasteiger partial charge on any atom is -0.383 e. The molecule has 0 unspecified atom stereocenters. The Kier molecular flexibility index (Phi) is 5.76. The molecule has 0 radical (unpaired) electrons. The van der Waals surface area contributed by atoms with Crippen LogP contribution in [0.3, 0.4) is 0 Å². The molecule has 1 aromatic rings. The Balaban J connectivity index is 1.96. The molecule has 1 fully saturated rings. The van der Waals surface area contributed by atoms with E-state index in [9.17, 15) is 4.79 Å². The van der Waals surface area contributed by atoms with E-state index < -0.39 is 0 Å². The average Bonchev–Trinajstić information content (AvgIpc) is 2.63. The van der Waals surface area contributed by atoms with Crippen molar-refractivity contribution in [3.63, 3.8) is 0 Å². The lowest BCUT2D eigenvalue weighted by atomic mass is 10.1. The monoisotopic (exact) mass is 290 g/mol. The Morgan fingerprint density at radius 2 is 2.00 bits per heavy atom. The fourth-order valence-electron chi connectivity index (χ4n) is 2.72. The molecule has 21 heavy (non-hydrogen) atoms. The van der Waals surface area contributed by atoms with E-state index in [1.165, 1.54) is 16.7 Å². The molecule has 0 aromatic heterocycles. The van der Waals surface area contributed by atoms with Crippen molar-refractivity contribution in [3.05, 3.63) is 34.9 Å². The number of amides is 1. The maximum absolute atomic E-state index is 12.1. The second-order valence-corrected chi connectivity index (χ2v) is 5.83. The molecular weight excluding hydrogens is 264 g/mol. The highest BCUT2D eigenvalue weighted by atomic mass is 16.5. The molecule has 0 bridgehead atoms. The summed E-state index contributed by atoms with van der Waals surface area (Å²) in [5.74, 6) is 0.246. The van der Waals surface area contributed by atoms with Crippen molar-refractivity contribution in [2.45, 2.75) is 26.8 Å². The molecule has 1 aromatic carbocycles. The summed E-state index contributed by atoms with van der Waals surface area (Å²) in [5.41, 5.74) is 3.99. The van der Waals surface area contributed by atoms with Crippen molar-refractivity contribution in [2.24, 2.45) is 0 Å². The number of methoxy groups -OCH3 is 1. The average molecular weight is 290 g/mol. The highest BCUT2D eigenvalue weighted by Crippen LogP contribution is 2.15. The SMILES string of the molecule is COCCN1CCN(Cc2cc(C)ccc2C)CCC1=O. The summed E-state index contributed by atoms with van der Waals surface area (Å²) in [7, 11) is 1.68. The summed E-state index contributed by atoms with van der Waals surface area (Å²) in [6.07, 6.45) is 0.606. The zero-order chi connectivity index (χ0) is 15.2. The first kappa shape index (κ1) is 16.0. The second-order valence-electron chi connectivity index (χ2n) is 5.83. The molecule has 0 atom stereocenters. The zero-order valence-electron chi connectivity index (χ0n) is 13.4. The molecule has 4 heteroatoms. The van der Waals surface area contributed by atoms with Gasteiger partial charge in [0, 0.05) is 46.3 Å². The fraction of sp³-hybridized carbons (Fsp3) is 0.588. The Bertz CT molecular complexity index is 488. The van der Waals surface area contributed by atoms with Gasteiger partial charge in [-0.05, 0) is 25.0 Å². The standard InChI is InChI=1S/C17H26N2O2/c1-14-4-5-15(2)16(12-14)13-18-7-6-17(20)19(9-8-18)10-11-21-3/h4-5,12H,6-11,13H2,1-3H3. The molecular formula is C17H26N2O2. The van der Waals surface area contributed by atoms with E-state index in [2.05, 4.69) is 36.9 Å². The third-order valence-corrected chi connectivity index (χ3v) is 4.14. The smallest absolute Gasteiger partial charge is 0.223 e. The third kappa shape index (κ3) is 4.55. The molecule has 1 aliphatic heterocycles. The molecule has 0 saturated carbocycles. The van der Waals surface area contributed by atoms with Gasteiger partial charge in [-0.1, -0.05) is 23.8 Å². The number of rotatable bonds is 5. The Hall–Kier alpha value is -1.39. The summed E-state index contributed by atoms with van der Waals surface area (Å²) >= 11 is 0. The number of carbonyl (C=O) groups is 1. The summed E-state index contributed by atoms with van der Waals surface area (Å²) in [4.78, 5) is 16.4. The molecule has 0 aliphatic carbocycles. The highest BCUT2D eigenvalue weighted by molar-refractivity contribution is 5.76. The molecule has 2 rings (SSSR count). The molecule has 1 saturated heterocycles. The van der Waals surface area contributed by atoms with E-state index in [1.54, 1.807) is 7.11 Å². The van der Waals surface area contributed by atoms with Gasteiger partial charge < -0.3 is 9.64 Å². The van der Waals surface area contributed by atoms with E-state index in [-0.39, 0.29) is 5.91 Å². The van der Waals surface area contributed by atoms with E-state index in [0.29, 0.717) is 19.6 Å². The first-order valence-electron chi connectivity index (χ1n) is 7.65. The Morgan fingerprint density at radius 3 is 2.76 bits per heavy atom. The van der Waals surface area contributed by atoms with Gasteiger partial charge in [0.2, 0.25) is 5.91 Å². The zero-order valence-corrected chi connectivity index (χ0v) is 13.4. The van der Waals surface area contributed by atoms with Gasteiger partial charge >= 0.3 is 0 Å². The topological polar surface area (TPSA) is 32.8 Å². The maximum Gasteiger partial charge on any atom is 0.223 e. The molecule has 0 N–H and O–H groups in total. The van der Waals surface area contributed by atoms with Crippen LogP contribution >= 0.6 is 0 Å². The number of nitrogens with zero attached hydrogens (tertiary/aromatic N) is 2. The van der Waals surface area contributed by atoms with E-state index in [0.717, 1.165) is 26.2 Å². The first-order valence-corrected chi connectivity index (χ1v) is 7.65. The van der Waals surface area contributed by atoms with Crippen molar-refractivity contribution in [2.75, 3.05) is 39.9 Å². The number of carbonyl (C=O) groups excluding carboxylic acids is 1. The Morgan fingerprint density at radius 1 is 1.19 bits per heavy atom. The minimum absolute atomic E-state index is 0.246. The lowest BCUT2D eigenvalue weighted by molar-refractivity contribution is -0.130. The summed E-state index contributed by atoms with van der Waals surface area (Å²) in [6, 6.07) is 6.58. The number of benzene rings is 1. The van der Waals surface area contributed by atoms with Gasteiger partial charge in [-0.3, -0.25) is 9.69 Å². The van der Waals surface area contributed by atoms with Gasteiger partial charge in [0.1, 0.15) is 0 Å². The number of ether oxygens (including phenoxy) is 1. The molecule has 1 aliphatic rings. The Labute approximate surface area is 127 Å². The number of aryl methyl sites for hydroxylation is 2. The van der Waals surface area contributed by atoms with Crippen LogP contribution in [0.25, 0.3) is 0 Å². The molecule has 1 heterocycles. The summed E-state index contributed by atoms with van der Waals surface area (Å²) in [6.45, 7) is 9.10. The summed E-state index contributed by atoms with van der Waals surface area (Å²) < 4.78 is 5.08. The summed E-state index contributed by atoms with van der Waals surface area (Å²) in [5, 5.41) is 0. The van der Waals surface area contributed by atoms with Crippen molar-refractivity contribution < 1.29 is 9.53 Å². The van der Waals surface area contributed by atoms with Crippen LogP contribution in [-0.4, -0.2) is 55.6 Å². The molecule has 0 spiro atoms. The largest absolute Gasteiger partial charge is 0.383 e. The van der Waals surface area contributed by atoms with Crippen molar-refractivity contribution in [1.29, 1.82) is 0 Å². The van der Waals surface area contributed by atoms with Gasteiger partial charge in [0.05, 0.1) is 6.61 Å². The molecule has 1 amide bonds. The highest BCUT2D eigenvalue weighted by Gasteiger charge is 2.20. The predicted octanol–water partition coefficient (Wildman–Crippen LogP) is 1.98. The maximum atomic E-state index is 12.1. The third-order valence-electron chi connectivity index (χ3n) is 4.14.